The van der Waals surface area contributed by atoms with Crippen LogP contribution in [0.4, 0.5) is 5.13 Å². The fourth-order valence-electron chi connectivity index (χ4n) is 4.92. The van der Waals surface area contributed by atoms with Gasteiger partial charge in [-0.3, -0.25) is 19.3 Å². The Morgan fingerprint density at radius 2 is 1.93 bits per heavy atom. The maximum atomic E-state index is 14.0. The number of fused-ring (bicyclic) bond motifs is 1. The normalized spacial score (nSPS) is 15.2. The Kier molecular flexibility index (Phi) is 7.94. The van der Waals surface area contributed by atoms with Crippen molar-refractivity contribution >= 4 is 44.9 Å². The lowest BCUT2D eigenvalue weighted by Crippen LogP contribution is -2.31. The molecule has 41 heavy (non-hydrogen) atoms. The minimum Gasteiger partial charge on any atom is -0.503 e. The zero-order valence-corrected chi connectivity index (χ0v) is 24.0. The molecule has 0 radical (unpaired) electrons. The minimum atomic E-state index is -1.05. The number of furan rings is 1. The number of ether oxygens (including phenoxy) is 2. The molecular weight excluding hydrogens is 544 g/mol. The Morgan fingerprint density at radius 1 is 1.15 bits per heavy atom. The summed E-state index contributed by atoms with van der Waals surface area (Å²) in [7, 11) is 1.50. The maximum absolute atomic E-state index is 14.0. The first-order valence-corrected chi connectivity index (χ1v) is 14.2. The number of aromatic nitrogens is 1. The van der Waals surface area contributed by atoms with Crippen LogP contribution < -0.4 is 14.4 Å². The van der Waals surface area contributed by atoms with Gasteiger partial charge in [0, 0.05) is 12.3 Å². The van der Waals surface area contributed by atoms with Gasteiger partial charge in [-0.2, -0.15) is 0 Å². The van der Waals surface area contributed by atoms with Crippen molar-refractivity contribution in [2.24, 2.45) is 0 Å². The van der Waals surface area contributed by atoms with Crippen molar-refractivity contribution < 1.29 is 33.4 Å². The van der Waals surface area contributed by atoms with Crippen LogP contribution in [-0.4, -0.2) is 41.3 Å². The smallest absolute Gasteiger partial charge is 0.296 e. The predicted octanol–water partition coefficient (Wildman–Crippen LogP) is 6.76. The van der Waals surface area contributed by atoms with Crippen molar-refractivity contribution in [3.63, 3.8) is 0 Å². The van der Waals surface area contributed by atoms with Crippen molar-refractivity contribution in [2.45, 2.75) is 46.1 Å². The number of carbonyl (C=O) groups excluding carboxylic acids is 3. The number of amides is 1. The fraction of sp³-hybridized carbons (Fsp3) is 0.290. The zero-order valence-electron chi connectivity index (χ0n) is 23.2. The van der Waals surface area contributed by atoms with Gasteiger partial charge in [0.2, 0.25) is 5.78 Å². The summed E-state index contributed by atoms with van der Waals surface area (Å²) < 4.78 is 17.2. The van der Waals surface area contributed by atoms with Crippen LogP contribution in [0, 0.1) is 6.92 Å². The molecule has 0 saturated carbocycles. The zero-order chi connectivity index (χ0) is 29.3. The molecule has 5 rings (SSSR count). The molecule has 10 heteroatoms. The molecule has 0 aliphatic carbocycles. The van der Waals surface area contributed by atoms with Crippen LogP contribution in [0.5, 0.6) is 11.5 Å². The second-order valence-corrected chi connectivity index (χ2v) is 10.7. The molecule has 0 fully saturated rings. The summed E-state index contributed by atoms with van der Waals surface area (Å²) in [5, 5.41) is 12.0. The number of hydrogen-bond acceptors (Lipinski definition) is 9. The summed E-state index contributed by atoms with van der Waals surface area (Å²) in [6.45, 7) is 5.73. The fourth-order valence-corrected chi connectivity index (χ4v) is 5.91. The van der Waals surface area contributed by atoms with E-state index in [2.05, 4.69) is 11.9 Å². The number of thiazole rings is 1. The number of methoxy groups -OCH3 is 1. The third-order valence-electron chi connectivity index (χ3n) is 6.91. The highest BCUT2D eigenvalue weighted by Crippen LogP contribution is 2.45. The van der Waals surface area contributed by atoms with Crippen molar-refractivity contribution in [3.05, 3.63) is 81.8 Å². The number of benzene rings is 2. The minimum absolute atomic E-state index is 0.0579. The van der Waals surface area contributed by atoms with Gasteiger partial charge in [0.25, 0.3) is 5.91 Å². The van der Waals surface area contributed by atoms with Gasteiger partial charge in [-0.1, -0.05) is 55.4 Å². The van der Waals surface area contributed by atoms with E-state index in [0.717, 1.165) is 30.6 Å². The lowest BCUT2D eigenvalue weighted by atomic mass is 9.95. The van der Waals surface area contributed by atoms with Gasteiger partial charge in [-0.25, -0.2) is 4.98 Å². The van der Waals surface area contributed by atoms with E-state index in [4.69, 9.17) is 13.9 Å². The van der Waals surface area contributed by atoms with Crippen molar-refractivity contribution in [1.29, 1.82) is 0 Å². The monoisotopic (exact) mass is 574 g/mol. The number of rotatable bonds is 11. The molecule has 2 aromatic carbocycles. The van der Waals surface area contributed by atoms with Gasteiger partial charge < -0.3 is 19.0 Å². The quantitative estimate of drug-likeness (QED) is 0.154. The topological polar surface area (TPSA) is 119 Å². The van der Waals surface area contributed by atoms with E-state index in [0.29, 0.717) is 45.2 Å². The molecule has 1 unspecified atom stereocenters. The van der Waals surface area contributed by atoms with Gasteiger partial charge >= 0.3 is 0 Å². The average Bonchev–Trinajstić information content (AvgIpc) is 3.64. The Hall–Kier alpha value is -4.44. The summed E-state index contributed by atoms with van der Waals surface area (Å²) in [5.74, 6) is -1.40. The molecule has 0 spiro atoms. The molecule has 1 aliphatic heterocycles. The summed E-state index contributed by atoms with van der Waals surface area (Å²) in [5.41, 5.74) is 1.21. The van der Waals surface area contributed by atoms with Gasteiger partial charge in [-0.05, 0) is 43.2 Å². The summed E-state index contributed by atoms with van der Waals surface area (Å²) in [4.78, 5) is 45.9. The summed E-state index contributed by atoms with van der Waals surface area (Å²) >= 11 is 1.04. The number of aryl methyl sites for hydroxylation is 1. The summed E-state index contributed by atoms with van der Waals surface area (Å²) in [6, 6.07) is 12.8. The number of anilines is 1. The first-order valence-electron chi connectivity index (χ1n) is 13.3. The van der Waals surface area contributed by atoms with Crippen LogP contribution >= 0.6 is 11.3 Å². The maximum Gasteiger partial charge on any atom is 0.296 e. The lowest BCUT2D eigenvalue weighted by Gasteiger charge is -2.24. The van der Waals surface area contributed by atoms with E-state index in [1.165, 1.54) is 18.9 Å². The van der Waals surface area contributed by atoms with Crippen molar-refractivity contribution in [3.8, 4) is 11.5 Å². The highest BCUT2D eigenvalue weighted by molar-refractivity contribution is 7.17. The molecule has 0 bridgehead atoms. The first kappa shape index (κ1) is 28.1. The number of Topliss-reactive ketones (excluding diaryl/α,β-unsaturated/α-hetero) is 2. The van der Waals surface area contributed by atoms with E-state index in [1.54, 1.807) is 55.5 Å². The predicted molar refractivity (Wildman–Crippen MR) is 155 cm³/mol. The number of hydrogen-bond donors (Lipinski definition) is 1. The Bertz CT molecular complexity index is 1680. The number of para-hydroxylation sites is 1. The first-order chi connectivity index (χ1) is 19.7. The SMILES string of the molecule is CCCCCOc1cccc(C2C(C(=O)c3cc4cccc(OC)c4o3)=C(O)C(=O)N2c2nc(C)c(C(C)=O)s2)c1. The number of unbranched alkanes of at least 4 members (excludes halogenated alkanes) is 2. The third kappa shape index (κ3) is 5.22. The van der Waals surface area contributed by atoms with Crippen LogP contribution in [0.2, 0.25) is 0 Å². The number of carbonyl (C=O) groups is 3. The van der Waals surface area contributed by atoms with Crippen LogP contribution in [0.25, 0.3) is 11.0 Å². The summed E-state index contributed by atoms with van der Waals surface area (Å²) in [6.07, 6.45) is 2.98. The molecule has 4 aromatic rings. The Morgan fingerprint density at radius 3 is 2.63 bits per heavy atom. The Balaban J connectivity index is 1.61. The average molecular weight is 575 g/mol. The largest absolute Gasteiger partial charge is 0.503 e. The number of aliphatic hydroxyl groups is 1. The molecular formula is C31H30N2O7S. The van der Waals surface area contributed by atoms with Crippen LogP contribution in [0.3, 0.4) is 0 Å². The lowest BCUT2D eigenvalue weighted by molar-refractivity contribution is -0.117. The molecule has 9 nitrogen and oxygen atoms in total. The van der Waals surface area contributed by atoms with Gasteiger partial charge in [0.1, 0.15) is 5.75 Å². The highest BCUT2D eigenvalue weighted by Gasteiger charge is 2.47. The molecule has 2 aromatic heterocycles. The van der Waals surface area contributed by atoms with E-state index in [-0.39, 0.29) is 22.2 Å². The molecule has 1 atom stereocenters. The van der Waals surface area contributed by atoms with Crippen molar-refractivity contribution in [2.75, 3.05) is 18.6 Å². The second kappa shape index (κ2) is 11.6. The van der Waals surface area contributed by atoms with Crippen LogP contribution in [0.15, 0.2) is 64.3 Å². The Labute approximate surface area is 241 Å². The second-order valence-electron chi connectivity index (χ2n) is 9.75. The molecule has 212 valence electrons. The highest BCUT2D eigenvalue weighted by atomic mass is 32.1. The molecule has 1 N–H and O–H groups in total. The number of nitrogens with zero attached hydrogens (tertiary/aromatic N) is 2. The van der Waals surface area contributed by atoms with E-state index in [1.807, 2.05) is 0 Å². The molecule has 1 amide bonds. The van der Waals surface area contributed by atoms with E-state index < -0.39 is 23.5 Å². The molecule has 3 heterocycles. The van der Waals surface area contributed by atoms with Crippen molar-refractivity contribution in [1.82, 2.24) is 4.98 Å². The number of aliphatic hydroxyl groups excluding tert-OH is 1. The van der Waals surface area contributed by atoms with Crippen LogP contribution in [-0.2, 0) is 4.79 Å². The third-order valence-corrected chi connectivity index (χ3v) is 8.16. The standard InChI is InChI=1S/C31H30N2O7S/c1-5-6-7-14-39-21-12-8-10-19(15-21)25-24(26(35)23-16-20-11-9-13-22(38-4)28(20)40-23)27(36)30(37)33(25)31-32-17(2)29(41-31)18(3)34/h8-13,15-16,25,36H,5-7,14H2,1-4H3. The van der Waals surface area contributed by atoms with Gasteiger partial charge in [0.15, 0.2) is 33.8 Å². The van der Waals surface area contributed by atoms with Gasteiger partial charge in [0.05, 0.1) is 35.9 Å². The molecule has 1 aliphatic rings. The van der Waals surface area contributed by atoms with E-state index >= 15 is 0 Å². The molecule has 0 saturated heterocycles. The number of ketones is 2. The van der Waals surface area contributed by atoms with E-state index in [9.17, 15) is 19.5 Å². The van der Waals surface area contributed by atoms with Gasteiger partial charge in [-0.15, -0.1) is 0 Å². The van der Waals surface area contributed by atoms with Crippen LogP contribution in [0.1, 0.15) is 70.6 Å².